The number of alkyl halides is 9. The number of halogens is 9. The first kappa shape index (κ1) is 40.8. The monoisotopic (exact) mass is 756 g/mol. The van der Waals surface area contributed by atoms with E-state index in [-0.39, 0.29) is 48.7 Å². The van der Waals surface area contributed by atoms with Crippen molar-refractivity contribution in [1.29, 1.82) is 0 Å². The molecule has 3 aromatic carbocycles. The standard InChI is InChI=1S/C38H37F9N2O4/c1-5-52-35(50)7-6-14-53-30-10-13-34(48-20-30)49(21-24-15-28(37(42,43)44)19-29(16-24)38(45,46)47)22-26-17-27(36(39,40)41)9-11-31(26)32-18-25(23(2)3)8-12-33(32)51-4/h8-13,15-20,23H,5-7,14,21-22H2,1-4H3. The van der Waals surface area contributed by atoms with Crippen LogP contribution in [-0.2, 0) is 41.1 Å². The minimum Gasteiger partial charge on any atom is -0.496 e. The van der Waals surface area contributed by atoms with Gasteiger partial charge >= 0.3 is 24.5 Å². The highest BCUT2D eigenvalue weighted by atomic mass is 19.4. The van der Waals surface area contributed by atoms with Crippen LogP contribution in [0.15, 0.2) is 72.9 Å². The Hall–Kier alpha value is -4.95. The zero-order valence-corrected chi connectivity index (χ0v) is 29.2. The SMILES string of the molecule is CCOC(=O)CCCOc1ccc(N(Cc2cc(C(F)(F)F)cc(C(F)(F)F)c2)Cc2cc(C(F)(F)F)ccc2-c2cc(C(C)C)ccc2OC)nc1. The summed E-state index contributed by atoms with van der Waals surface area (Å²) < 4.78 is 141. The maximum Gasteiger partial charge on any atom is 0.416 e. The van der Waals surface area contributed by atoms with E-state index in [1.807, 2.05) is 13.8 Å². The Bertz CT molecular complexity index is 1820. The third kappa shape index (κ3) is 11.0. The Morgan fingerprint density at radius 2 is 1.43 bits per heavy atom. The molecule has 53 heavy (non-hydrogen) atoms. The van der Waals surface area contributed by atoms with Gasteiger partial charge in [0.2, 0.25) is 0 Å². The van der Waals surface area contributed by atoms with Gasteiger partial charge in [0.25, 0.3) is 0 Å². The molecule has 4 aromatic rings. The van der Waals surface area contributed by atoms with Crippen molar-refractivity contribution in [1.82, 2.24) is 4.98 Å². The lowest BCUT2D eigenvalue weighted by molar-refractivity contribution is -0.144. The zero-order chi connectivity index (χ0) is 39.1. The number of hydrogen-bond acceptors (Lipinski definition) is 6. The molecule has 286 valence electrons. The van der Waals surface area contributed by atoms with Gasteiger partial charge in [0.15, 0.2) is 0 Å². The number of rotatable bonds is 14. The van der Waals surface area contributed by atoms with Crippen molar-refractivity contribution in [2.24, 2.45) is 0 Å². The molecule has 6 nitrogen and oxygen atoms in total. The summed E-state index contributed by atoms with van der Waals surface area (Å²) in [5.74, 6) is 0.184. The van der Waals surface area contributed by atoms with Gasteiger partial charge in [0.05, 0.1) is 43.2 Å². The van der Waals surface area contributed by atoms with Crippen molar-refractivity contribution in [3.63, 3.8) is 0 Å². The summed E-state index contributed by atoms with van der Waals surface area (Å²) in [4.78, 5) is 17.2. The van der Waals surface area contributed by atoms with Gasteiger partial charge in [-0.1, -0.05) is 26.0 Å². The van der Waals surface area contributed by atoms with Crippen LogP contribution in [0.4, 0.5) is 45.3 Å². The first-order valence-corrected chi connectivity index (χ1v) is 16.5. The molecule has 4 rings (SSSR count). The number of aromatic nitrogens is 1. The molecule has 1 aromatic heterocycles. The number of benzene rings is 3. The van der Waals surface area contributed by atoms with Gasteiger partial charge in [-0.2, -0.15) is 39.5 Å². The van der Waals surface area contributed by atoms with Gasteiger partial charge < -0.3 is 19.1 Å². The number of carbonyl (C=O) groups is 1. The topological polar surface area (TPSA) is 60.9 Å². The molecular formula is C38H37F9N2O4. The second-order valence-electron chi connectivity index (χ2n) is 12.4. The van der Waals surface area contributed by atoms with Crippen LogP contribution < -0.4 is 14.4 Å². The lowest BCUT2D eigenvalue weighted by atomic mass is 9.92. The third-order valence-electron chi connectivity index (χ3n) is 8.14. The number of hydrogen-bond donors (Lipinski definition) is 0. The molecule has 0 bridgehead atoms. The van der Waals surface area contributed by atoms with Crippen LogP contribution in [0.1, 0.15) is 72.9 Å². The minimum atomic E-state index is -5.13. The number of ether oxygens (including phenoxy) is 3. The summed E-state index contributed by atoms with van der Waals surface area (Å²) in [6, 6.07) is 12.2. The first-order valence-electron chi connectivity index (χ1n) is 16.5. The molecule has 0 unspecified atom stereocenters. The molecule has 0 aliphatic heterocycles. The number of pyridine rings is 1. The lowest BCUT2D eigenvalue weighted by Crippen LogP contribution is -2.25. The van der Waals surface area contributed by atoms with Crippen LogP contribution in [0.2, 0.25) is 0 Å². The van der Waals surface area contributed by atoms with Crippen molar-refractivity contribution in [2.45, 2.75) is 71.1 Å². The Morgan fingerprint density at radius 1 is 0.774 bits per heavy atom. The second-order valence-corrected chi connectivity index (χ2v) is 12.4. The molecule has 0 aliphatic carbocycles. The summed E-state index contributed by atoms with van der Waals surface area (Å²) in [5, 5.41) is 0. The fraction of sp³-hybridized carbons (Fsp3) is 0.368. The zero-order valence-electron chi connectivity index (χ0n) is 29.2. The van der Waals surface area contributed by atoms with Gasteiger partial charge in [-0.25, -0.2) is 4.98 Å². The average molecular weight is 757 g/mol. The molecule has 1 heterocycles. The van der Waals surface area contributed by atoms with Gasteiger partial charge in [0, 0.05) is 25.1 Å². The fourth-order valence-corrected chi connectivity index (χ4v) is 5.50. The molecular weight excluding hydrogens is 719 g/mol. The van der Waals surface area contributed by atoms with Crippen LogP contribution in [0, 0.1) is 0 Å². The van der Waals surface area contributed by atoms with Crippen molar-refractivity contribution in [2.75, 3.05) is 25.2 Å². The molecule has 0 saturated carbocycles. The fourth-order valence-electron chi connectivity index (χ4n) is 5.50. The maximum absolute atomic E-state index is 14.1. The normalized spacial score (nSPS) is 12.2. The largest absolute Gasteiger partial charge is 0.496 e. The lowest BCUT2D eigenvalue weighted by Gasteiger charge is -2.27. The summed E-state index contributed by atoms with van der Waals surface area (Å²) in [7, 11) is 1.39. The van der Waals surface area contributed by atoms with E-state index in [1.54, 1.807) is 25.1 Å². The Kier molecular flexibility index (Phi) is 12.9. The quantitative estimate of drug-likeness (QED) is 0.0725. The highest BCUT2D eigenvalue weighted by molar-refractivity contribution is 5.75. The number of methoxy groups -OCH3 is 1. The van der Waals surface area contributed by atoms with Gasteiger partial charge in [-0.3, -0.25) is 4.79 Å². The molecule has 0 amide bonds. The molecule has 0 fully saturated rings. The predicted octanol–water partition coefficient (Wildman–Crippen LogP) is 10.9. The average Bonchev–Trinajstić information content (AvgIpc) is 3.08. The molecule has 0 N–H and O–H groups in total. The van der Waals surface area contributed by atoms with E-state index in [4.69, 9.17) is 14.2 Å². The van der Waals surface area contributed by atoms with E-state index in [2.05, 4.69) is 4.98 Å². The van der Waals surface area contributed by atoms with E-state index >= 15 is 0 Å². The smallest absolute Gasteiger partial charge is 0.416 e. The highest BCUT2D eigenvalue weighted by Gasteiger charge is 2.37. The minimum absolute atomic E-state index is 0.000926. The molecule has 0 saturated heterocycles. The summed E-state index contributed by atoms with van der Waals surface area (Å²) in [6.45, 7) is 4.78. The van der Waals surface area contributed by atoms with Crippen molar-refractivity contribution in [3.8, 4) is 22.6 Å². The van der Waals surface area contributed by atoms with Crippen molar-refractivity contribution >= 4 is 11.8 Å². The molecule has 0 spiro atoms. The van der Waals surface area contributed by atoms with Crippen LogP contribution >= 0.6 is 0 Å². The summed E-state index contributed by atoms with van der Waals surface area (Å²) in [6.07, 6.45) is -13.4. The van der Waals surface area contributed by atoms with E-state index in [0.717, 1.165) is 17.7 Å². The van der Waals surface area contributed by atoms with Gasteiger partial charge in [-0.05, 0) is 96.1 Å². The van der Waals surface area contributed by atoms with Crippen LogP contribution in [0.25, 0.3) is 11.1 Å². The Balaban J connectivity index is 1.83. The molecule has 0 atom stereocenters. The highest BCUT2D eigenvalue weighted by Crippen LogP contribution is 2.40. The number of esters is 1. The summed E-state index contributed by atoms with van der Waals surface area (Å²) >= 11 is 0. The number of carbonyl (C=O) groups excluding carboxylic acids is 1. The third-order valence-corrected chi connectivity index (χ3v) is 8.14. The first-order chi connectivity index (χ1) is 24.8. The maximum atomic E-state index is 14.1. The van der Waals surface area contributed by atoms with Crippen LogP contribution in [0.3, 0.4) is 0 Å². The molecule has 0 radical (unpaired) electrons. The van der Waals surface area contributed by atoms with Gasteiger partial charge in [-0.15, -0.1) is 0 Å². The predicted molar refractivity (Wildman–Crippen MR) is 179 cm³/mol. The van der Waals surface area contributed by atoms with E-state index in [0.29, 0.717) is 35.4 Å². The van der Waals surface area contributed by atoms with E-state index < -0.39 is 59.8 Å². The molecule has 15 heteroatoms. The van der Waals surface area contributed by atoms with Crippen LogP contribution in [0.5, 0.6) is 11.5 Å². The van der Waals surface area contributed by atoms with E-state index in [9.17, 15) is 44.3 Å². The van der Waals surface area contributed by atoms with E-state index in [1.165, 1.54) is 36.4 Å². The Labute approximate surface area is 300 Å². The summed E-state index contributed by atoms with van der Waals surface area (Å²) in [5.41, 5.74) is -2.91. The molecule has 0 aliphatic rings. The van der Waals surface area contributed by atoms with Gasteiger partial charge in [0.1, 0.15) is 17.3 Å². The van der Waals surface area contributed by atoms with Crippen molar-refractivity contribution in [3.05, 3.63) is 106 Å². The van der Waals surface area contributed by atoms with Crippen molar-refractivity contribution < 1.29 is 58.5 Å². The number of nitrogens with zero attached hydrogens (tertiary/aromatic N) is 2. The number of anilines is 1. The Morgan fingerprint density at radius 3 is 1.98 bits per heavy atom. The van der Waals surface area contributed by atoms with Crippen LogP contribution in [-0.4, -0.2) is 31.3 Å². The second kappa shape index (κ2) is 16.8.